The third-order valence-corrected chi connectivity index (χ3v) is 10.5. The fourth-order valence-corrected chi connectivity index (χ4v) is 7.23. The van der Waals surface area contributed by atoms with Gasteiger partial charge in [0.25, 0.3) is 5.91 Å². The van der Waals surface area contributed by atoms with Crippen molar-refractivity contribution in [1.29, 1.82) is 5.26 Å². The van der Waals surface area contributed by atoms with Gasteiger partial charge in [-0.15, -0.1) is 0 Å². The van der Waals surface area contributed by atoms with Crippen molar-refractivity contribution in [1.82, 2.24) is 30.1 Å². The normalized spacial score (nSPS) is 15.9. The van der Waals surface area contributed by atoms with E-state index < -0.39 is 29.3 Å². The molecule has 2 fully saturated rings. The molecule has 15 nitrogen and oxygen atoms in total. The molecule has 3 N–H and O–H groups in total. The minimum atomic E-state index is -0.761. The highest BCUT2D eigenvalue weighted by molar-refractivity contribution is 6.05. The summed E-state index contributed by atoms with van der Waals surface area (Å²) < 4.78 is 20.2. The molecule has 2 aliphatic rings. The average molecular weight is 806 g/mol. The van der Waals surface area contributed by atoms with E-state index in [1.807, 2.05) is 31.7 Å². The standard InChI is InChI=1S/C43H48FN9O6/c1-43(2,3)39(42(58)53-18-15-29(54)26-53)50-36(55)9-6-10-37(56)52-21-19-51(20-22-52)34-23-27(30-25-46-16-13-28(30)24-45)11-12-32(34)49-41(57)33-14-17-47-40(48-33)38-31(44)7-5-8-35(38)59-4/h5,7-8,11-14,16-17,23,25,29,39,54H,6,9-10,15,18-22,26H2,1-4H3,(H,49,57)(H,50,55)/t29-,39-/m1/s1. The number of anilines is 2. The number of carbonyl (C=O) groups excluding carboxylic acids is 4. The SMILES string of the molecule is COc1cccc(F)c1-c1nccc(C(=O)Nc2ccc(-c3cnccc3C#N)cc2N2CCN(C(=O)CCCC(=O)N[C@H](C(=O)N3CC[C@@H](O)C3)C(C)(C)C)CC2)n1. The number of amides is 4. The number of hydrogen-bond acceptors (Lipinski definition) is 11. The van der Waals surface area contributed by atoms with Gasteiger partial charge in [-0.1, -0.05) is 32.9 Å². The molecule has 0 aliphatic carbocycles. The van der Waals surface area contributed by atoms with Crippen LogP contribution in [-0.2, 0) is 14.4 Å². The van der Waals surface area contributed by atoms with Crippen LogP contribution in [0.3, 0.4) is 0 Å². The predicted molar refractivity (Wildman–Crippen MR) is 218 cm³/mol. The maximum atomic E-state index is 14.9. The second-order valence-corrected chi connectivity index (χ2v) is 15.6. The van der Waals surface area contributed by atoms with Gasteiger partial charge in [0.1, 0.15) is 23.3 Å². The molecule has 2 atom stereocenters. The number of rotatable bonds is 12. The first kappa shape index (κ1) is 42.1. The van der Waals surface area contributed by atoms with Gasteiger partial charge < -0.3 is 35.2 Å². The molecule has 4 amide bonds. The summed E-state index contributed by atoms with van der Waals surface area (Å²) in [6.07, 6.45) is 4.98. The Balaban J connectivity index is 1.12. The minimum Gasteiger partial charge on any atom is -0.496 e. The molecular formula is C43H48FN9O6. The van der Waals surface area contributed by atoms with E-state index in [-0.39, 0.29) is 59.9 Å². The number of halogens is 1. The van der Waals surface area contributed by atoms with Crippen molar-refractivity contribution in [3.05, 3.63) is 84.2 Å². The van der Waals surface area contributed by atoms with E-state index in [0.717, 1.165) is 0 Å². The highest BCUT2D eigenvalue weighted by Gasteiger charge is 2.38. The third kappa shape index (κ3) is 9.98. The molecule has 0 bridgehead atoms. The Kier molecular flexibility index (Phi) is 13.2. The van der Waals surface area contributed by atoms with Gasteiger partial charge in [-0.25, -0.2) is 14.4 Å². The summed E-state index contributed by atoms with van der Waals surface area (Å²) in [5.74, 6) is -1.62. The number of nitrogens with one attached hydrogen (secondary N) is 2. The van der Waals surface area contributed by atoms with Crippen LogP contribution in [0.5, 0.6) is 5.75 Å². The van der Waals surface area contributed by atoms with Crippen molar-refractivity contribution in [3.8, 4) is 34.3 Å². The number of nitrogens with zero attached hydrogens (tertiary/aromatic N) is 7. The van der Waals surface area contributed by atoms with E-state index >= 15 is 0 Å². The molecule has 0 radical (unpaired) electrons. The molecule has 16 heteroatoms. The maximum Gasteiger partial charge on any atom is 0.274 e. The minimum absolute atomic E-state index is 0.00888. The van der Waals surface area contributed by atoms with E-state index in [9.17, 15) is 33.9 Å². The van der Waals surface area contributed by atoms with Crippen LogP contribution in [0.2, 0.25) is 0 Å². The number of pyridine rings is 1. The summed E-state index contributed by atoms with van der Waals surface area (Å²) in [7, 11) is 1.40. The predicted octanol–water partition coefficient (Wildman–Crippen LogP) is 4.42. The first-order chi connectivity index (χ1) is 28.3. The van der Waals surface area contributed by atoms with Crippen molar-refractivity contribution >= 4 is 35.0 Å². The smallest absolute Gasteiger partial charge is 0.274 e. The van der Waals surface area contributed by atoms with Crippen molar-refractivity contribution in [2.45, 2.75) is 58.6 Å². The van der Waals surface area contributed by atoms with Gasteiger partial charge >= 0.3 is 0 Å². The zero-order valence-corrected chi connectivity index (χ0v) is 33.6. The highest BCUT2D eigenvalue weighted by atomic mass is 19.1. The number of benzene rings is 2. The number of aromatic nitrogens is 3. The molecule has 0 spiro atoms. The average Bonchev–Trinajstić information content (AvgIpc) is 3.68. The zero-order chi connectivity index (χ0) is 42.3. The molecule has 2 aliphatic heterocycles. The Morgan fingerprint density at radius 2 is 1.80 bits per heavy atom. The summed E-state index contributed by atoms with van der Waals surface area (Å²) in [5, 5.41) is 25.5. The van der Waals surface area contributed by atoms with Crippen molar-refractivity contribution < 1.29 is 33.4 Å². The fraction of sp³-hybridized carbons (Fsp3) is 0.395. The lowest BCUT2D eigenvalue weighted by atomic mass is 9.85. The number of aliphatic hydroxyl groups is 1. The quantitative estimate of drug-likeness (QED) is 0.184. The molecule has 2 aromatic heterocycles. The van der Waals surface area contributed by atoms with E-state index in [4.69, 9.17) is 4.74 Å². The Hall–Kier alpha value is -6.47. The molecule has 4 heterocycles. The topological polar surface area (TPSA) is 194 Å². The van der Waals surface area contributed by atoms with Gasteiger partial charge in [0.2, 0.25) is 17.7 Å². The Morgan fingerprint density at radius 1 is 1.02 bits per heavy atom. The second kappa shape index (κ2) is 18.4. The van der Waals surface area contributed by atoms with Gasteiger partial charge in [-0.3, -0.25) is 24.2 Å². The molecule has 308 valence electrons. The number of likely N-dealkylation sites (tertiary alicyclic amines) is 1. The zero-order valence-electron chi connectivity index (χ0n) is 33.6. The summed E-state index contributed by atoms with van der Waals surface area (Å²) in [4.78, 5) is 71.4. The lowest BCUT2D eigenvalue weighted by Gasteiger charge is -2.37. The van der Waals surface area contributed by atoms with Gasteiger partial charge in [0, 0.05) is 76.3 Å². The Morgan fingerprint density at radius 3 is 2.49 bits per heavy atom. The number of aliphatic hydroxyl groups excluding tert-OH is 1. The van der Waals surface area contributed by atoms with E-state index in [1.165, 1.54) is 31.5 Å². The van der Waals surface area contributed by atoms with E-state index in [2.05, 4.69) is 31.7 Å². The van der Waals surface area contributed by atoms with E-state index in [1.54, 1.807) is 46.5 Å². The number of methoxy groups -OCH3 is 1. The molecule has 59 heavy (non-hydrogen) atoms. The van der Waals surface area contributed by atoms with Gasteiger partial charge in [-0.2, -0.15) is 5.26 Å². The van der Waals surface area contributed by atoms with Crippen LogP contribution in [0.4, 0.5) is 15.8 Å². The first-order valence-corrected chi connectivity index (χ1v) is 19.5. The van der Waals surface area contributed by atoms with Crippen LogP contribution in [-0.4, -0.2) is 112 Å². The third-order valence-electron chi connectivity index (χ3n) is 10.5. The molecule has 0 saturated carbocycles. The molecule has 0 unspecified atom stereocenters. The molecule has 2 aromatic carbocycles. The largest absolute Gasteiger partial charge is 0.496 e. The van der Waals surface area contributed by atoms with Crippen LogP contribution < -0.4 is 20.3 Å². The van der Waals surface area contributed by atoms with Crippen molar-refractivity contribution in [2.24, 2.45) is 5.41 Å². The number of hydrogen-bond donors (Lipinski definition) is 3. The van der Waals surface area contributed by atoms with Crippen molar-refractivity contribution in [2.75, 3.05) is 56.6 Å². The summed E-state index contributed by atoms with van der Waals surface area (Å²) >= 11 is 0. The number of β-amino-alcohol motifs (C(OH)–C–C–N with tert-alkyl or cyclic N) is 1. The van der Waals surface area contributed by atoms with Gasteiger partial charge in [-0.05, 0) is 60.2 Å². The number of nitriles is 1. The summed E-state index contributed by atoms with van der Waals surface area (Å²) in [5.41, 5.74) is 2.29. The number of carbonyl (C=O) groups is 4. The van der Waals surface area contributed by atoms with Gasteiger partial charge in [0.15, 0.2) is 5.82 Å². The monoisotopic (exact) mass is 805 g/mol. The number of piperazine rings is 1. The van der Waals surface area contributed by atoms with Crippen LogP contribution >= 0.6 is 0 Å². The lowest BCUT2D eigenvalue weighted by molar-refractivity contribution is -0.139. The Bertz CT molecular complexity index is 2250. The first-order valence-electron chi connectivity index (χ1n) is 19.5. The summed E-state index contributed by atoms with van der Waals surface area (Å²) in [6.45, 7) is 7.91. The van der Waals surface area contributed by atoms with E-state index in [0.29, 0.717) is 73.6 Å². The fourth-order valence-electron chi connectivity index (χ4n) is 7.23. The van der Waals surface area contributed by atoms with Crippen molar-refractivity contribution in [3.63, 3.8) is 0 Å². The Labute approximate surface area is 342 Å². The van der Waals surface area contributed by atoms with Gasteiger partial charge in [0.05, 0.1) is 41.8 Å². The molecule has 2 saturated heterocycles. The lowest BCUT2D eigenvalue weighted by Crippen LogP contribution is -2.54. The molecule has 6 rings (SSSR count). The summed E-state index contributed by atoms with van der Waals surface area (Å²) in [6, 6.07) is 14.2. The highest BCUT2D eigenvalue weighted by Crippen LogP contribution is 2.35. The second-order valence-electron chi connectivity index (χ2n) is 15.6. The molecular weight excluding hydrogens is 758 g/mol. The number of ether oxygens (including phenoxy) is 1. The molecule has 4 aromatic rings. The van der Waals surface area contributed by atoms with Crippen LogP contribution in [0, 0.1) is 22.6 Å². The maximum absolute atomic E-state index is 14.9. The van der Waals surface area contributed by atoms with Crippen LogP contribution in [0.15, 0.2) is 67.1 Å². The van der Waals surface area contributed by atoms with Crippen LogP contribution in [0.1, 0.15) is 62.5 Å². The van der Waals surface area contributed by atoms with Crippen LogP contribution in [0.25, 0.3) is 22.5 Å².